The van der Waals surface area contributed by atoms with Crippen LogP contribution in [0.25, 0.3) is 6.08 Å². The molecule has 2 aromatic carbocycles. The third-order valence-electron chi connectivity index (χ3n) is 3.79. The Morgan fingerprint density at radius 2 is 1.92 bits per heavy atom. The van der Waals surface area contributed by atoms with Gasteiger partial charge in [0.1, 0.15) is 0 Å². The number of benzene rings is 2. The fourth-order valence-corrected chi connectivity index (χ4v) is 3.42. The number of non-ortho nitro benzene ring substituents is 1. The first-order valence-corrected chi connectivity index (χ1v) is 8.43. The van der Waals surface area contributed by atoms with Crippen molar-refractivity contribution in [1.82, 2.24) is 0 Å². The first-order chi connectivity index (χ1) is 12.0. The summed E-state index contributed by atoms with van der Waals surface area (Å²) in [4.78, 5) is 36.8. The normalized spacial score (nSPS) is 15.9. The van der Waals surface area contributed by atoms with Gasteiger partial charge in [-0.05, 0) is 41.5 Å². The molecule has 0 saturated carbocycles. The minimum atomic E-state index is -0.499. The number of carbonyl (C=O) groups excluding carboxylic acids is 2. The average Bonchev–Trinajstić information content (AvgIpc) is 2.88. The summed E-state index contributed by atoms with van der Waals surface area (Å²) in [6, 6.07) is 13.2. The van der Waals surface area contributed by atoms with Crippen LogP contribution in [0.5, 0.6) is 0 Å². The maximum absolute atomic E-state index is 12.7. The number of carbonyl (C=O) groups is 2. The molecule has 2 amide bonds. The predicted molar refractivity (Wildman–Crippen MR) is 97.4 cm³/mol. The highest BCUT2D eigenvalue weighted by Crippen LogP contribution is 2.37. The van der Waals surface area contributed by atoms with E-state index >= 15 is 0 Å². The summed E-state index contributed by atoms with van der Waals surface area (Å²) in [5.41, 5.74) is 1.92. The number of amides is 2. The summed E-state index contributed by atoms with van der Waals surface area (Å²) in [7, 11) is 0. The fraction of sp³-hybridized carbons (Fsp3) is 0.111. The lowest BCUT2D eigenvalue weighted by Gasteiger charge is -2.16. The molecule has 126 valence electrons. The van der Waals surface area contributed by atoms with Crippen molar-refractivity contribution in [2.24, 2.45) is 0 Å². The molecule has 1 saturated heterocycles. The number of anilines is 1. The predicted octanol–water partition coefficient (Wildman–Crippen LogP) is 4.40. The van der Waals surface area contributed by atoms with E-state index in [0.29, 0.717) is 17.7 Å². The van der Waals surface area contributed by atoms with Crippen LogP contribution in [0.2, 0.25) is 0 Å². The van der Waals surface area contributed by atoms with Gasteiger partial charge in [-0.2, -0.15) is 0 Å². The minimum absolute atomic E-state index is 0.0655. The summed E-state index contributed by atoms with van der Waals surface area (Å²) in [5.74, 6) is -0.414. The maximum atomic E-state index is 12.7. The number of hydrogen-bond donors (Lipinski definition) is 0. The van der Waals surface area contributed by atoms with Gasteiger partial charge in [0.25, 0.3) is 16.8 Å². The van der Waals surface area contributed by atoms with Gasteiger partial charge >= 0.3 is 0 Å². The molecule has 0 spiro atoms. The highest BCUT2D eigenvalue weighted by molar-refractivity contribution is 8.19. The first-order valence-electron chi connectivity index (χ1n) is 7.61. The summed E-state index contributed by atoms with van der Waals surface area (Å²) in [6.45, 7) is 1.96. The Balaban J connectivity index is 1.96. The van der Waals surface area contributed by atoms with E-state index in [0.717, 1.165) is 22.2 Å². The Kier molecular flexibility index (Phi) is 4.67. The van der Waals surface area contributed by atoms with Gasteiger partial charge in [-0.3, -0.25) is 19.7 Å². The first kappa shape index (κ1) is 16.9. The van der Waals surface area contributed by atoms with E-state index in [1.54, 1.807) is 24.3 Å². The second-order valence-corrected chi connectivity index (χ2v) is 6.34. The van der Waals surface area contributed by atoms with E-state index in [9.17, 15) is 19.7 Å². The Bertz CT molecular complexity index is 907. The molecule has 1 heterocycles. The third kappa shape index (κ3) is 3.32. The molecule has 1 aliphatic rings. The Labute approximate surface area is 148 Å². The molecule has 0 bridgehead atoms. The van der Waals surface area contributed by atoms with Crippen LogP contribution in [-0.4, -0.2) is 16.1 Å². The number of nitrogens with zero attached hydrogens (tertiary/aromatic N) is 2. The zero-order chi connectivity index (χ0) is 18.0. The van der Waals surface area contributed by atoms with Crippen LogP contribution in [0, 0.1) is 10.1 Å². The van der Waals surface area contributed by atoms with Crippen molar-refractivity contribution in [3.63, 3.8) is 0 Å². The van der Waals surface area contributed by atoms with Crippen LogP contribution in [-0.2, 0) is 11.2 Å². The van der Waals surface area contributed by atoms with Gasteiger partial charge in [-0.25, -0.2) is 4.90 Å². The standard InChI is InChI=1S/C18H14N2O4S/c1-2-13-7-3-4-9-15(13)19-17(21)16(25-18(19)22)11-12-6-5-8-14(10-12)20(23)24/h3-11H,2H2,1H3/b16-11-. The van der Waals surface area contributed by atoms with Crippen molar-refractivity contribution in [3.05, 3.63) is 74.7 Å². The topological polar surface area (TPSA) is 80.5 Å². The van der Waals surface area contributed by atoms with Gasteiger partial charge in [0.15, 0.2) is 0 Å². The van der Waals surface area contributed by atoms with E-state index in [4.69, 9.17) is 0 Å². The zero-order valence-electron chi connectivity index (χ0n) is 13.3. The molecule has 2 aromatic rings. The number of imide groups is 1. The van der Waals surface area contributed by atoms with Crippen molar-refractivity contribution >= 4 is 40.4 Å². The highest BCUT2D eigenvalue weighted by atomic mass is 32.2. The SMILES string of the molecule is CCc1ccccc1N1C(=O)S/C(=C\c2cccc([N+](=O)[O-])c2)C1=O. The Morgan fingerprint density at radius 1 is 1.16 bits per heavy atom. The van der Waals surface area contributed by atoms with Gasteiger partial charge in [0.2, 0.25) is 0 Å². The lowest BCUT2D eigenvalue weighted by atomic mass is 10.1. The van der Waals surface area contributed by atoms with Crippen LogP contribution in [0.4, 0.5) is 16.2 Å². The molecular formula is C18H14N2O4S. The monoisotopic (exact) mass is 354 g/mol. The van der Waals surface area contributed by atoms with E-state index in [2.05, 4.69) is 0 Å². The molecule has 0 N–H and O–H groups in total. The number of nitro benzene ring substituents is 1. The van der Waals surface area contributed by atoms with Crippen LogP contribution < -0.4 is 4.90 Å². The maximum Gasteiger partial charge on any atom is 0.298 e. The summed E-state index contributed by atoms with van der Waals surface area (Å²) in [5, 5.41) is 10.5. The molecule has 1 aliphatic heterocycles. The molecule has 0 radical (unpaired) electrons. The molecule has 0 aliphatic carbocycles. The summed E-state index contributed by atoms with van der Waals surface area (Å²) >= 11 is 0.834. The van der Waals surface area contributed by atoms with Gasteiger partial charge in [-0.1, -0.05) is 37.3 Å². The summed E-state index contributed by atoms with van der Waals surface area (Å²) < 4.78 is 0. The Hall–Kier alpha value is -2.93. The number of para-hydroxylation sites is 1. The van der Waals surface area contributed by atoms with Gasteiger partial charge < -0.3 is 0 Å². The Morgan fingerprint density at radius 3 is 2.64 bits per heavy atom. The number of hydrogen-bond acceptors (Lipinski definition) is 5. The highest BCUT2D eigenvalue weighted by Gasteiger charge is 2.37. The molecule has 0 aromatic heterocycles. The van der Waals surface area contributed by atoms with Crippen LogP contribution in [0.1, 0.15) is 18.1 Å². The number of thioether (sulfide) groups is 1. The zero-order valence-corrected chi connectivity index (χ0v) is 14.2. The quantitative estimate of drug-likeness (QED) is 0.462. The minimum Gasteiger partial charge on any atom is -0.268 e. The molecule has 25 heavy (non-hydrogen) atoms. The van der Waals surface area contributed by atoms with E-state index in [1.165, 1.54) is 18.2 Å². The second kappa shape index (κ2) is 6.90. The van der Waals surface area contributed by atoms with E-state index in [-0.39, 0.29) is 15.8 Å². The number of nitro groups is 1. The lowest BCUT2D eigenvalue weighted by molar-refractivity contribution is -0.384. The summed E-state index contributed by atoms with van der Waals surface area (Å²) in [6.07, 6.45) is 2.20. The number of aryl methyl sites for hydroxylation is 1. The molecule has 6 nitrogen and oxygen atoms in total. The van der Waals surface area contributed by atoms with Crippen LogP contribution in [0.15, 0.2) is 53.4 Å². The van der Waals surface area contributed by atoms with E-state index in [1.807, 2.05) is 19.1 Å². The molecule has 0 unspecified atom stereocenters. The van der Waals surface area contributed by atoms with Crippen LogP contribution >= 0.6 is 11.8 Å². The van der Waals surface area contributed by atoms with Crippen molar-refractivity contribution < 1.29 is 14.5 Å². The molecule has 7 heteroatoms. The van der Waals surface area contributed by atoms with Crippen molar-refractivity contribution in [2.45, 2.75) is 13.3 Å². The largest absolute Gasteiger partial charge is 0.298 e. The third-order valence-corrected chi connectivity index (χ3v) is 4.66. The molecule has 1 fully saturated rings. The lowest BCUT2D eigenvalue weighted by Crippen LogP contribution is -2.28. The van der Waals surface area contributed by atoms with Crippen molar-refractivity contribution in [3.8, 4) is 0 Å². The van der Waals surface area contributed by atoms with Crippen molar-refractivity contribution in [2.75, 3.05) is 4.90 Å². The van der Waals surface area contributed by atoms with Gasteiger partial charge in [0, 0.05) is 12.1 Å². The van der Waals surface area contributed by atoms with Crippen LogP contribution in [0.3, 0.4) is 0 Å². The second-order valence-electron chi connectivity index (χ2n) is 5.35. The molecule has 0 atom stereocenters. The van der Waals surface area contributed by atoms with E-state index < -0.39 is 10.8 Å². The number of rotatable bonds is 4. The van der Waals surface area contributed by atoms with Gasteiger partial charge in [0.05, 0.1) is 15.5 Å². The molecule has 3 rings (SSSR count). The van der Waals surface area contributed by atoms with Crippen molar-refractivity contribution in [1.29, 1.82) is 0 Å². The smallest absolute Gasteiger partial charge is 0.268 e. The molecular weight excluding hydrogens is 340 g/mol. The fourth-order valence-electron chi connectivity index (χ4n) is 2.58. The van der Waals surface area contributed by atoms with Gasteiger partial charge in [-0.15, -0.1) is 0 Å². The average molecular weight is 354 g/mol.